The molecular weight excluding hydrogens is 201 g/mol. The lowest BCUT2D eigenvalue weighted by atomic mass is 9.90. The zero-order valence-electron chi connectivity index (χ0n) is 11.1. The normalized spacial score (nSPS) is 11.2. The fourth-order valence-corrected chi connectivity index (χ4v) is 2.57. The summed E-state index contributed by atoms with van der Waals surface area (Å²) >= 11 is 0. The van der Waals surface area contributed by atoms with E-state index in [-0.39, 0.29) is 6.15 Å². The van der Waals surface area contributed by atoms with E-state index in [4.69, 9.17) is 0 Å². The minimum atomic E-state index is 0. The molecule has 0 rings (SSSR count). The molecule has 15 heavy (non-hydrogen) atoms. The van der Waals surface area contributed by atoms with Crippen LogP contribution in [0.25, 0.3) is 0 Å². The van der Waals surface area contributed by atoms with Crippen molar-refractivity contribution >= 4 is 9.24 Å². The van der Waals surface area contributed by atoms with Crippen LogP contribution in [0.3, 0.4) is 0 Å². The van der Waals surface area contributed by atoms with E-state index < -0.39 is 0 Å². The molecule has 0 fully saturated rings. The topological polar surface area (TPSA) is 35.0 Å². The molecule has 0 aliphatic rings. The quantitative estimate of drug-likeness (QED) is 0.536. The molecule has 1 unspecified atom stereocenters. The smallest absolute Gasteiger partial charge is 0.0150 e. The third-order valence-electron chi connectivity index (χ3n) is 3.08. The second kappa shape index (κ2) is 10.9. The van der Waals surface area contributed by atoms with E-state index in [0.29, 0.717) is 5.16 Å². The van der Waals surface area contributed by atoms with Gasteiger partial charge < -0.3 is 6.15 Å². The Hall–Kier alpha value is 0.390. The van der Waals surface area contributed by atoms with Crippen LogP contribution in [-0.2, 0) is 0 Å². The second-order valence-electron chi connectivity index (χ2n) is 4.67. The summed E-state index contributed by atoms with van der Waals surface area (Å²) in [6, 6.07) is 0. The third kappa shape index (κ3) is 9.33. The van der Waals surface area contributed by atoms with Crippen molar-refractivity contribution in [2.75, 3.05) is 0 Å². The first kappa shape index (κ1) is 17.8. The number of hydrogen-bond donors (Lipinski definition) is 1. The zero-order chi connectivity index (χ0) is 10.9. The molecule has 94 valence electrons. The summed E-state index contributed by atoms with van der Waals surface area (Å²) in [6.45, 7) is 6.89. The van der Waals surface area contributed by atoms with E-state index in [0.717, 1.165) is 0 Å². The van der Waals surface area contributed by atoms with Crippen molar-refractivity contribution in [3.8, 4) is 0 Å². The fourth-order valence-electron chi connectivity index (χ4n) is 1.96. The Morgan fingerprint density at radius 1 is 0.733 bits per heavy atom. The van der Waals surface area contributed by atoms with Gasteiger partial charge in [-0.2, -0.15) is 0 Å². The van der Waals surface area contributed by atoms with Crippen LogP contribution in [0, 0.1) is 0 Å². The van der Waals surface area contributed by atoms with Crippen molar-refractivity contribution in [1.29, 1.82) is 0 Å². The van der Waals surface area contributed by atoms with Gasteiger partial charge in [-0.1, -0.05) is 59.3 Å². The lowest BCUT2D eigenvalue weighted by Gasteiger charge is -2.29. The molecule has 0 saturated heterocycles. The SMILES string of the molecule is CCCCC(P)(CCCC)CCCC.N. The van der Waals surface area contributed by atoms with Crippen molar-refractivity contribution in [3.63, 3.8) is 0 Å². The van der Waals surface area contributed by atoms with Crippen molar-refractivity contribution in [3.05, 3.63) is 0 Å². The Morgan fingerprint density at radius 3 is 1.20 bits per heavy atom. The summed E-state index contributed by atoms with van der Waals surface area (Å²) in [6.07, 6.45) is 12.5. The van der Waals surface area contributed by atoms with E-state index in [9.17, 15) is 0 Å². The van der Waals surface area contributed by atoms with Gasteiger partial charge in [0.1, 0.15) is 0 Å². The van der Waals surface area contributed by atoms with Gasteiger partial charge >= 0.3 is 0 Å². The first-order valence-corrected chi connectivity index (χ1v) is 7.05. The molecule has 0 aromatic rings. The Morgan fingerprint density at radius 2 is 1.00 bits per heavy atom. The first-order chi connectivity index (χ1) is 6.68. The van der Waals surface area contributed by atoms with Gasteiger partial charge in [-0.3, -0.25) is 0 Å². The van der Waals surface area contributed by atoms with Crippen LogP contribution in [-0.4, -0.2) is 5.16 Å². The standard InChI is InChI=1S/C13H29P.H3N/c1-4-7-10-13(14,11-8-5-2)12-9-6-3;/h4-12,14H2,1-3H3;1H3. The number of unbranched alkanes of at least 4 members (excludes halogenated alkanes) is 3. The second-order valence-corrected chi connectivity index (χ2v) is 5.90. The molecular formula is C13H32NP. The molecule has 0 spiro atoms. The summed E-state index contributed by atoms with van der Waals surface area (Å²) in [7, 11) is 3.17. The summed E-state index contributed by atoms with van der Waals surface area (Å²) in [5, 5.41) is 0.571. The largest absolute Gasteiger partial charge is 0.344 e. The third-order valence-corrected chi connectivity index (χ3v) is 3.95. The molecule has 0 amide bonds. The Balaban J connectivity index is 0. The molecule has 0 aliphatic carbocycles. The van der Waals surface area contributed by atoms with E-state index >= 15 is 0 Å². The summed E-state index contributed by atoms with van der Waals surface area (Å²) in [5.41, 5.74) is 0. The molecule has 0 aromatic carbocycles. The summed E-state index contributed by atoms with van der Waals surface area (Å²) < 4.78 is 0. The number of rotatable bonds is 9. The van der Waals surface area contributed by atoms with Crippen LogP contribution < -0.4 is 6.15 Å². The van der Waals surface area contributed by atoms with Gasteiger partial charge in [-0.05, 0) is 24.4 Å². The molecule has 3 N–H and O–H groups in total. The molecule has 0 heterocycles. The van der Waals surface area contributed by atoms with Crippen molar-refractivity contribution in [2.24, 2.45) is 0 Å². The maximum absolute atomic E-state index is 3.17. The van der Waals surface area contributed by atoms with Gasteiger partial charge in [0.2, 0.25) is 0 Å². The maximum atomic E-state index is 3.17. The highest BCUT2D eigenvalue weighted by Crippen LogP contribution is 2.36. The van der Waals surface area contributed by atoms with Gasteiger partial charge in [0.05, 0.1) is 0 Å². The zero-order valence-corrected chi connectivity index (χ0v) is 12.3. The molecule has 0 saturated carbocycles. The molecule has 0 aromatic heterocycles. The average molecular weight is 233 g/mol. The van der Waals surface area contributed by atoms with Crippen molar-refractivity contribution < 1.29 is 0 Å². The molecule has 2 heteroatoms. The predicted octanol–water partition coefficient (Wildman–Crippen LogP) is 5.33. The highest BCUT2D eigenvalue weighted by Gasteiger charge is 2.22. The van der Waals surface area contributed by atoms with Gasteiger partial charge in [0.25, 0.3) is 0 Å². The molecule has 0 radical (unpaired) electrons. The van der Waals surface area contributed by atoms with Crippen LogP contribution in [0.1, 0.15) is 78.6 Å². The first-order valence-electron chi connectivity index (χ1n) is 6.47. The monoisotopic (exact) mass is 233 g/mol. The van der Waals surface area contributed by atoms with E-state index in [2.05, 4.69) is 30.0 Å². The van der Waals surface area contributed by atoms with Crippen LogP contribution in [0.5, 0.6) is 0 Å². The van der Waals surface area contributed by atoms with Gasteiger partial charge in [0.15, 0.2) is 0 Å². The fraction of sp³-hybridized carbons (Fsp3) is 1.00. The Labute approximate surface area is 99.6 Å². The minimum absolute atomic E-state index is 0. The number of hydrogen-bond acceptors (Lipinski definition) is 1. The Kier molecular flexibility index (Phi) is 12.9. The average Bonchev–Trinajstić information content (AvgIpc) is 2.21. The molecule has 1 atom stereocenters. The van der Waals surface area contributed by atoms with Crippen LogP contribution in [0.4, 0.5) is 0 Å². The molecule has 0 bridgehead atoms. The van der Waals surface area contributed by atoms with Gasteiger partial charge in [-0.25, -0.2) is 0 Å². The van der Waals surface area contributed by atoms with E-state index in [1.54, 1.807) is 0 Å². The van der Waals surface area contributed by atoms with Crippen molar-refractivity contribution in [1.82, 2.24) is 6.15 Å². The molecule has 0 aliphatic heterocycles. The lowest BCUT2D eigenvalue weighted by molar-refractivity contribution is 0.424. The van der Waals surface area contributed by atoms with Crippen LogP contribution >= 0.6 is 9.24 Å². The lowest BCUT2D eigenvalue weighted by Crippen LogP contribution is -2.20. The Bertz CT molecular complexity index is 104. The van der Waals surface area contributed by atoms with Crippen molar-refractivity contribution in [2.45, 2.75) is 83.7 Å². The minimum Gasteiger partial charge on any atom is -0.344 e. The van der Waals surface area contributed by atoms with Gasteiger partial charge in [-0.15, -0.1) is 9.24 Å². The van der Waals surface area contributed by atoms with E-state index in [1.807, 2.05) is 0 Å². The highest BCUT2D eigenvalue weighted by atomic mass is 31.0. The van der Waals surface area contributed by atoms with Gasteiger partial charge in [0, 0.05) is 0 Å². The molecule has 1 nitrogen and oxygen atoms in total. The van der Waals surface area contributed by atoms with E-state index in [1.165, 1.54) is 57.8 Å². The van der Waals surface area contributed by atoms with Crippen LogP contribution in [0.2, 0.25) is 0 Å². The van der Waals surface area contributed by atoms with Crippen LogP contribution in [0.15, 0.2) is 0 Å². The highest BCUT2D eigenvalue weighted by molar-refractivity contribution is 7.19. The summed E-state index contributed by atoms with van der Waals surface area (Å²) in [4.78, 5) is 0. The maximum Gasteiger partial charge on any atom is -0.0150 e. The predicted molar refractivity (Wildman–Crippen MR) is 76.0 cm³/mol. The summed E-state index contributed by atoms with van der Waals surface area (Å²) in [5.74, 6) is 0.